The summed E-state index contributed by atoms with van der Waals surface area (Å²) in [5.74, 6) is 3.14. The highest BCUT2D eigenvalue weighted by molar-refractivity contribution is 5.81. The van der Waals surface area contributed by atoms with Gasteiger partial charge < -0.3 is 14.8 Å². The Morgan fingerprint density at radius 2 is 1.84 bits per heavy atom. The van der Waals surface area contributed by atoms with E-state index in [4.69, 9.17) is 9.47 Å². The topological polar surface area (TPSA) is 86.5 Å². The van der Waals surface area contributed by atoms with Gasteiger partial charge in [0.1, 0.15) is 23.7 Å². The maximum Gasteiger partial charge on any atom is 0.170 e. The van der Waals surface area contributed by atoms with Crippen molar-refractivity contribution in [1.29, 1.82) is 0 Å². The van der Waals surface area contributed by atoms with Gasteiger partial charge in [0.05, 0.1) is 19.1 Å². The number of anilines is 1. The Morgan fingerprint density at radius 1 is 1.03 bits per heavy atom. The minimum atomic E-state index is -0.250. The summed E-state index contributed by atoms with van der Waals surface area (Å²) in [5, 5.41) is 11.8. The predicted octanol–water partition coefficient (Wildman–Crippen LogP) is 3.68. The first-order chi connectivity index (χ1) is 15.8. The molecule has 1 aromatic carbocycles. The lowest BCUT2D eigenvalue weighted by molar-refractivity contribution is 0.249. The number of rotatable bonds is 2. The first-order valence-corrected chi connectivity index (χ1v) is 10.8. The van der Waals surface area contributed by atoms with Crippen LogP contribution in [0.5, 0.6) is 11.5 Å². The van der Waals surface area contributed by atoms with Gasteiger partial charge in [0.2, 0.25) is 0 Å². The molecule has 1 atom stereocenters. The van der Waals surface area contributed by atoms with Crippen LogP contribution in [0.2, 0.25) is 0 Å². The zero-order valence-electron chi connectivity index (χ0n) is 17.1. The molecule has 0 amide bonds. The molecule has 1 saturated carbocycles. The second kappa shape index (κ2) is 6.62. The molecule has 2 aliphatic heterocycles. The van der Waals surface area contributed by atoms with E-state index in [1.807, 2.05) is 22.9 Å². The van der Waals surface area contributed by atoms with Crippen LogP contribution in [0.15, 0.2) is 36.9 Å². The normalized spacial score (nSPS) is 19.1. The molecule has 5 heterocycles. The highest BCUT2D eigenvalue weighted by Gasteiger charge is 2.32. The minimum Gasteiger partial charge on any atom is -0.493 e. The smallest absolute Gasteiger partial charge is 0.170 e. The molecule has 1 fully saturated rings. The quantitative estimate of drug-likeness (QED) is 0.519. The summed E-state index contributed by atoms with van der Waals surface area (Å²) in [5.41, 5.74) is 3.82. The van der Waals surface area contributed by atoms with Crippen molar-refractivity contribution < 1.29 is 13.9 Å². The Bertz CT molecular complexity index is 1370. The van der Waals surface area contributed by atoms with Gasteiger partial charge in [-0.1, -0.05) is 0 Å². The standard InChI is InChI=1S/C23H19FN6O2/c24-17-3-4-18-20-14(9-31-18)10-32-19-5-15(13-6-25-21(26-7-13)12-1-2-12)22-29-28-11-30(22)23(19)27-8-16(17)20/h3-7,11-12,14,27H,1-2,8-10H2/t14-/m1/s1. The van der Waals surface area contributed by atoms with E-state index in [0.717, 1.165) is 41.1 Å². The maximum atomic E-state index is 14.7. The molecule has 32 heavy (non-hydrogen) atoms. The molecule has 0 bridgehead atoms. The highest BCUT2D eigenvalue weighted by atomic mass is 19.1. The summed E-state index contributed by atoms with van der Waals surface area (Å²) in [6.07, 6.45) is 7.61. The first-order valence-electron chi connectivity index (χ1n) is 10.8. The van der Waals surface area contributed by atoms with Crippen molar-refractivity contribution in [3.05, 3.63) is 59.7 Å². The van der Waals surface area contributed by atoms with E-state index in [1.54, 1.807) is 12.4 Å². The van der Waals surface area contributed by atoms with Crippen LogP contribution in [-0.4, -0.2) is 37.8 Å². The third-order valence-electron chi connectivity index (χ3n) is 6.44. The molecular weight excluding hydrogens is 411 g/mol. The summed E-state index contributed by atoms with van der Waals surface area (Å²) in [6, 6.07) is 5.09. The number of hydrogen-bond acceptors (Lipinski definition) is 7. The molecule has 0 radical (unpaired) electrons. The Balaban J connectivity index is 1.35. The fourth-order valence-electron chi connectivity index (χ4n) is 4.63. The lowest BCUT2D eigenvalue weighted by Crippen LogP contribution is -2.13. The van der Waals surface area contributed by atoms with Gasteiger partial charge in [0, 0.05) is 47.1 Å². The molecule has 8 nitrogen and oxygen atoms in total. The van der Waals surface area contributed by atoms with Crippen molar-refractivity contribution >= 4 is 11.5 Å². The van der Waals surface area contributed by atoms with Crippen LogP contribution in [0.4, 0.5) is 10.2 Å². The molecular formula is C23H19FN6O2. The van der Waals surface area contributed by atoms with Crippen molar-refractivity contribution in [3.63, 3.8) is 0 Å². The number of hydrogen-bond donors (Lipinski definition) is 1. The summed E-state index contributed by atoms with van der Waals surface area (Å²) >= 11 is 0. The lowest BCUT2D eigenvalue weighted by Gasteiger charge is -2.16. The number of fused-ring (bicyclic) bond motifs is 3. The van der Waals surface area contributed by atoms with Crippen LogP contribution in [0.25, 0.3) is 16.8 Å². The predicted molar refractivity (Wildman–Crippen MR) is 113 cm³/mol. The van der Waals surface area contributed by atoms with E-state index in [-0.39, 0.29) is 11.7 Å². The van der Waals surface area contributed by atoms with Crippen LogP contribution in [-0.2, 0) is 6.54 Å². The van der Waals surface area contributed by atoms with Gasteiger partial charge in [0.15, 0.2) is 17.2 Å². The van der Waals surface area contributed by atoms with E-state index in [2.05, 4.69) is 25.5 Å². The SMILES string of the molecule is Fc1ccc2c3c1CNc1c(cc(-c4cnc(C5CC5)nc4)c4nncn14)OC[C@H]3CO2. The van der Waals surface area contributed by atoms with E-state index in [9.17, 15) is 4.39 Å². The van der Waals surface area contributed by atoms with Gasteiger partial charge in [-0.25, -0.2) is 14.4 Å². The number of pyridine rings is 1. The van der Waals surface area contributed by atoms with E-state index in [1.165, 1.54) is 6.07 Å². The van der Waals surface area contributed by atoms with Crippen molar-refractivity contribution in [2.24, 2.45) is 0 Å². The molecule has 3 aromatic heterocycles. The zero-order chi connectivity index (χ0) is 21.2. The third kappa shape index (κ3) is 2.66. The molecule has 3 aliphatic rings. The number of nitrogens with zero attached hydrogens (tertiary/aromatic N) is 5. The fraction of sp³-hybridized carbons (Fsp3) is 0.304. The maximum absolute atomic E-state index is 14.7. The molecule has 0 spiro atoms. The monoisotopic (exact) mass is 430 g/mol. The number of benzene rings is 1. The van der Waals surface area contributed by atoms with Crippen molar-refractivity contribution in [1.82, 2.24) is 24.6 Å². The van der Waals surface area contributed by atoms with Gasteiger partial charge >= 0.3 is 0 Å². The average molecular weight is 430 g/mol. The molecule has 0 unspecified atom stereocenters. The molecule has 7 rings (SSSR count). The van der Waals surface area contributed by atoms with Gasteiger partial charge in [-0.2, -0.15) is 0 Å². The zero-order valence-corrected chi connectivity index (χ0v) is 17.1. The second-order valence-electron chi connectivity index (χ2n) is 8.51. The minimum absolute atomic E-state index is 0.0373. The highest BCUT2D eigenvalue weighted by Crippen LogP contribution is 2.42. The van der Waals surface area contributed by atoms with Crippen LogP contribution >= 0.6 is 0 Å². The average Bonchev–Trinajstić information content (AvgIpc) is 3.38. The van der Waals surface area contributed by atoms with Crippen molar-refractivity contribution in [2.45, 2.75) is 31.2 Å². The van der Waals surface area contributed by atoms with E-state index < -0.39 is 0 Å². The van der Waals surface area contributed by atoms with Crippen LogP contribution in [0.1, 0.15) is 41.6 Å². The first kappa shape index (κ1) is 17.9. The van der Waals surface area contributed by atoms with Crippen molar-refractivity contribution in [3.8, 4) is 22.6 Å². The summed E-state index contributed by atoms with van der Waals surface area (Å²) in [4.78, 5) is 9.11. The fourth-order valence-corrected chi connectivity index (χ4v) is 4.63. The largest absolute Gasteiger partial charge is 0.493 e. The van der Waals surface area contributed by atoms with Crippen LogP contribution < -0.4 is 14.8 Å². The van der Waals surface area contributed by atoms with Gasteiger partial charge in [-0.3, -0.25) is 4.40 Å². The summed E-state index contributed by atoms with van der Waals surface area (Å²) in [6.45, 7) is 1.15. The Morgan fingerprint density at radius 3 is 2.66 bits per heavy atom. The van der Waals surface area contributed by atoms with E-state index >= 15 is 0 Å². The van der Waals surface area contributed by atoms with Crippen LogP contribution in [0.3, 0.4) is 0 Å². The number of halogens is 1. The van der Waals surface area contributed by atoms with Crippen molar-refractivity contribution in [2.75, 3.05) is 18.5 Å². The molecule has 1 aliphatic carbocycles. The van der Waals surface area contributed by atoms with Gasteiger partial charge in [-0.15, -0.1) is 10.2 Å². The summed E-state index contributed by atoms with van der Waals surface area (Å²) < 4.78 is 28.6. The molecule has 160 valence electrons. The van der Waals surface area contributed by atoms with E-state index in [0.29, 0.717) is 48.5 Å². The molecule has 0 saturated heterocycles. The van der Waals surface area contributed by atoms with Gasteiger partial charge in [-0.05, 0) is 31.0 Å². The summed E-state index contributed by atoms with van der Waals surface area (Å²) in [7, 11) is 0. The molecule has 4 aromatic rings. The number of aromatic nitrogens is 5. The molecule has 1 N–H and O–H groups in total. The Labute approximate surface area is 182 Å². The molecule has 9 heteroatoms. The Hall–Kier alpha value is -3.75. The van der Waals surface area contributed by atoms with Gasteiger partial charge in [0.25, 0.3) is 0 Å². The second-order valence-corrected chi connectivity index (χ2v) is 8.51. The number of nitrogens with one attached hydrogen (secondary N) is 1. The lowest BCUT2D eigenvalue weighted by atomic mass is 9.96. The third-order valence-corrected chi connectivity index (χ3v) is 6.44. The van der Waals surface area contributed by atoms with Crippen LogP contribution in [0, 0.1) is 5.82 Å². The number of ether oxygens (including phenoxy) is 2. The Kier molecular flexibility index (Phi) is 3.70.